The average Bonchev–Trinajstić information content (AvgIpc) is 3.71. The molecule has 0 saturated heterocycles. The number of aromatic nitrogens is 7. The Morgan fingerprint density at radius 2 is 1.82 bits per heavy atom. The summed E-state index contributed by atoms with van der Waals surface area (Å²) < 4.78 is 1.78. The summed E-state index contributed by atoms with van der Waals surface area (Å²) in [5.41, 5.74) is 13.7. The molecule has 3 aromatic heterocycles. The number of carbonyl (C=O) groups excluding carboxylic acids is 1. The van der Waals surface area contributed by atoms with E-state index in [4.69, 9.17) is 10.8 Å². The number of nitrogens with two attached hydrogens (primary N) is 1. The van der Waals surface area contributed by atoms with E-state index in [1.165, 1.54) is 11.1 Å². The van der Waals surface area contributed by atoms with Crippen LogP contribution in [-0.4, -0.2) is 64.6 Å². The molecule has 4 heterocycles. The fraction of sp³-hybridized carbons (Fsp3) is 0.448. The Hall–Kier alpha value is -4.12. The molecule has 0 radical (unpaired) electrons. The van der Waals surface area contributed by atoms with Crippen LogP contribution in [0.4, 0.5) is 5.95 Å². The standard InChI is InChI=1S/C29H34N10O/c30-22-7-5-18(6-8-22)28-24(15-39(36-28)17-27(40)38-10-9-25-26(16-38)35-37-34-25)21-13-31-29(32-14-21)33-23-11-19-3-1-2-4-20(19)12-23/h1-4,13-15,18,22-23H,5-12,16-17,30H2,(H,31,32,33)(H,34,35,37). The fourth-order valence-corrected chi connectivity index (χ4v) is 6.37. The van der Waals surface area contributed by atoms with Gasteiger partial charge in [-0.3, -0.25) is 14.6 Å². The molecule has 40 heavy (non-hydrogen) atoms. The van der Waals surface area contributed by atoms with Crippen molar-refractivity contribution in [2.45, 2.75) is 76.0 Å². The second-order valence-corrected chi connectivity index (χ2v) is 11.4. The van der Waals surface area contributed by atoms with Crippen molar-refractivity contribution in [3.8, 4) is 11.1 Å². The second-order valence-electron chi connectivity index (χ2n) is 11.4. The average molecular weight is 539 g/mol. The monoisotopic (exact) mass is 538 g/mol. The minimum absolute atomic E-state index is 0.0216. The number of hydrogen-bond donors (Lipinski definition) is 3. The van der Waals surface area contributed by atoms with Crippen molar-refractivity contribution in [1.29, 1.82) is 0 Å². The van der Waals surface area contributed by atoms with Crippen LogP contribution in [0, 0.1) is 0 Å². The third-order valence-electron chi connectivity index (χ3n) is 8.62. The van der Waals surface area contributed by atoms with Gasteiger partial charge >= 0.3 is 0 Å². The number of nitrogens with one attached hydrogen (secondary N) is 2. The smallest absolute Gasteiger partial charge is 0.244 e. The molecule has 1 aliphatic heterocycles. The minimum atomic E-state index is 0.0216. The van der Waals surface area contributed by atoms with Gasteiger partial charge in [-0.2, -0.15) is 5.10 Å². The lowest BCUT2D eigenvalue weighted by Gasteiger charge is -2.26. The molecule has 0 spiro atoms. The lowest BCUT2D eigenvalue weighted by atomic mass is 9.83. The van der Waals surface area contributed by atoms with Gasteiger partial charge in [0.15, 0.2) is 0 Å². The van der Waals surface area contributed by atoms with Crippen molar-refractivity contribution in [2.75, 3.05) is 11.9 Å². The van der Waals surface area contributed by atoms with Gasteiger partial charge < -0.3 is 16.0 Å². The maximum Gasteiger partial charge on any atom is 0.244 e. The van der Waals surface area contributed by atoms with E-state index >= 15 is 0 Å². The van der Waals surface area contributed by atoms with Gasteiger partial charge in [-0.15, -0.1) is 5.10 Å². The highest BCUT2D eigenvalue weighted by Gasteiger charge is 2.28. The maximum absolute atomic E-state index is 13.2. The first kappa shape index (κ1) is 24.9. The van der Waals surface area contributed by atoms with E-state index in [-0.39, 0.29) is 18.5 Å². The molecule has 4 N–H and O–H groups in total. The molecule has 11 heteroatoms. The highest BCUT2D eigenvalue weighted by Crippen LogP contribution is 2.37. The van der Waals surface area contributed by atoms with Gasteiger partial charge in [-0.05, 0) is 49.7 Å². The minimum Gasteiger partial charge on any atom is -0.351 e. The highest BCUT2D eigenvalue weighted by molar-refractivity contribution is 5.76. The van der Waals surface area contributed by atoms with Crippen LogP contribution in [0.5, 0.6) is 0 Å². The summed E-state index contributed by atoms with van der Waals surface area (Å²) in [6, 6.07) is 9.12. The molecule has 3 aliphatic rings. The van der Waals surface area contributed by atoms with Crippen LogP contribution in [0.25, 0.3) is 11.1 Å². The van der Waals surface area contributed by atoms with Crippen LogP contribution in [-0.2, 0) is 37.1 Å². The molecule has 11 nitrogen and oxygen atoms in total. The Morgan fingerprint density at radius 1 is 1.07 bits per heavy atom. The number of hydrogen-bond acceptors (Lipinski definition) is 8. The first-order valence-electron chi connectivity index (χ1n) is 14.2. The molecule has 0 bridgehead atoms. The number of rotatable bonds is 6. The van der Waals surface area contributed by atoms with Gasteiger partial charge in [0.2, 0.25) is 11.9 Å². The van der Waals surface area contributed by atoms with E-state index in [0.717, 1.165) is 73.2 Å². The molecule has 2 aliphatic carbocycles. The summed E-state index contributed by atoms with van der Waals surface area (Å²) in [7, 11) is 0. The van der Waals surface area contributed by atoms with Crippen molar-refractivity contribution in [3.05, 3.63) is 71.1 Å². The van der Waals surface area contributed by atoms with Crippen molar-refractivity contribution in [1.82, 2.24) is 40.1 Å². The number of H-pyrrole nitrogens is 1. The molecule has 1 amide bonds. The Balaban J connectivity index is 1.09. The zero-order valence-corrected chi connectivity index (χ0v) is 22.5. The molecule has 7 rings (SSSR count). The molecule has 206 valence electrons. The van der Waals surface area contributed by atoms with Gasteiger partial charge in [-0.25, -0.2) is 9.97 Å². The maximum atomic E-state index is 13.2. The zero-order valence-electron chi connectivity index (χ0n) is 22.5. The summed E-state index contributed by atoms with van der Waals surface area (Å²) in [4.78, 5) is 24.4. The predicted octanol–water partition coefficient (Wildman–Crippen LogP) is 2.61. The summed E-state index contributed by atoms with van der Waals surface area (Å²) in [5.74, 6) is 0.952. The van der Waals surface area contributed by atoms with Crippen LogP contribution < -0.4 is 11.1 Å². The molecule has 0 unspecified atom stereocenters. The van der Waals surface area contributed by atoms with Crippen molar-refractivity contribution < 1.29 is 4.79 Å². The quantitative estimate of drug-likeness (QED) is 0.340. The van der Waals surface area contributed by atoms with Crippen molar-refractivity contribution >= 4 is 11.9 Å². The molecule has 1 saturated carbocycles. The topological polar surface area (TPSA) is 144 Å². The van der Waals surface area contributed by atoms with E-state index < -0.39 is 0 Å². The predicted molar refractivity (Wildman–Crippen MR) is 149 cm³/mol. The zero-order chi connectivity index (χ0) is 27.1. The van der Waals surface area contributed by atoms with Crippen LogP contribution in [0.15, 0.2) is 42.9 Å². The Bertz CT molecular complexity index is 1480. The first-order valence-corrected chi connectivity index (χ1v) is 14.2. The van der Waals surface area contributed by atoms with E-state index in [1.807, 2.05) is 23.5 Å². The number of nitrogens with zero attached hydrogens (tertiary/aromatic N) is 7. The van der Waals surface area contributed by atoms with E-state index in [2.05, 4.69) is 55.0 Å². The summed E-state index contributed by atoms with van der Waals surface area (Å²) in [6.45, 7) is 1.29. The molecular weight excluding hydrogens is 504 g/mol. The molecule has 1 fully saturated rings. The Kier molecular flexibility index (Phi) is 6.51. The van der Waals surface area contributed by atoms with Gasteiger partial charge in [0.1, 0.15) is 12.2 Å². The Labute approximate surface area is 232 Å². The largest absolute Gasteiger partial charge is 0.351 e. The number of aromatic amines is 1. The molecular formula is C29H34N10O. The van der Waals surface area contributed by atoms with E-state index in [0.29, 0.717) is 31.0 Å². The summed E-state index contributed by atoms with van der Waals surface area (Å²) in [5, 5.41) is 19.4. The molecule has 1 aromatic carbocycles. The molecule has 4 aromatic rings. The highest BCUT2D eigenvalue weighted by atomic mass is 16.2. The number of amides is 1. The second kappa shape index (κ2) is 10.5. The first-order chi connectivity index (χ1) is 19.6. The number of anilines is 1. The van der Waals surface area contributed by atoms with Crippen LogP contribution in [0.2, 0.25) is 0 Å². The van der Waals surface area contributed by atoms with Gasteiger partial charge in [0.25, 0.3) is 0 Å². The summed E-state index contributed by atoms with van der Waals surface area (Å²) in [6.07, 6.45) is 12.3. The van der Waals surface area contributed by atoms with Crippen molar-refractivity contribution in [3.63, 3.8) is 0 Å². The van der Waals surface area contributed by atoms with Crippen LogP contribution in [0.3, 0.4) is 0 Å². The lowest BCUT2D eigenvalue weighted by Crippen LogP contribution is -2.38. The van der Waals surface area contributed by atoms with Crippen molar-refractivity contribution in [2.24, 2.45) is 5.73 Å². The number of carbonyl (C=O) groups is 1. The molecule has 0 atom stereocenters. The number of fused-ring (bicyclic) bond motifs is 2. The third kappa shape index (κ3) is 4.97. The summed E-state index contributed by atoms with van der Waals surface area (Å²) >= 11 is 0. The fourth-order valence-electron chi connectivity index (χ4n) is 6.37. The van der Waals surface area contributed by atoms with Gasteiger partial charge in [0, 0.05) is 60.7 Å². The lowest BCUT2D eigenvalue weighted by molar-refractivity contribution is -0.133. The SMILES string of the molecule is NC1CCC(c2nn(CC(=O)N3CCc4[nH]nnc4C3)cc2-c2cnc(NC3Cc4ccccc4C3)nc2)CC1. The van der Waals surface area contributed by atoms with Crippen LogP contribution in [0.1, 0.15) is 59.8 Å². The van der Waals surface area contributed by atoms with Gasteiger partial charge in [-0.1, -0.05) is 29.5 Å². The van der Waals surface area contributed by atoms with Gasteiger partial charge in [0.05, 0.1) is 17.9 Å². The van der Waals surface area contributed by atoms with E-state index in [9.17, 15) is 4.79 Å². The normalized spacial score (nSPS) is 20.8. The van der Waals surface area contributed by atoms with Crippen LogP contribution >= 0.6 is 0 Å². The van der Waals surface area contributed by atoms with E-state index in [1.54, 1.807) is 4.68 Å². The Morgan fingerprint density at radius 3 is 2.58 bits per heavy atom. The number of benzene rings is 1. The third-order valence-corrected chi connectivity index (χ3v) is 8.62.